The molecular formula is C24H32N6OS. The Balaban J connectivity index is 1.61. The van der Waals surface area contributed by atoms with Gasteiger partial charge in [-0.3, -0.25) is 10.3 Å². The van der Waals surface area contributed by atoms with Gasteiger partial charge in [0.1, 0.15) is 10.8 Å². The molecule has 3 rings (SSSR count). The van der Waals surface area contributed by atoms with Gasteiger partial charge in [-0.05, 0) is 43.7 Å². The number of aliphatic imine (C=N–C) groups is 1. The molecule has 3 N–H and O–H groups in total. The largest absolute Gasteiger partial charge is 0.494 e. The average molecular weight is 453 g/mol. The smallest absolute Gasteiger partial charge is 0.230 e. The summed E-state index contributed by atoms with van der Waals surface area (Å²) in [6.45, 7) is 5.00. The molecule has 0 fully saturated rings. The van der Waals surface area contributed by atoms with E-state index in [0.29, 0.717) is 5.95 Å². The van der Waals surface area contributed by atoms with E-state index in [9.17, 15) is 0 Å². The van der Waals surface area contributed by atoms with Crippen LogP contribution in [0.1, 0.15) is 51.1 Å². The first-order valence-corrected chi connectivity index (χ1v) is 12.0. The fraction of sp³-hybridized carbons (Fsp3) is 0.417. The number of anilines is 1. The third kappa shape index (κ3) is 6.75. The van der Waals surface area contributed by atoms with Crippen molar-refractivity contribution in [2.75, 3.05) is 19.0 Å². The van der Waals surface area contributed by atoms with Crippen LogP contribution in [-0.4, -0.2) is 34.6 Å². The van der Waals surface area contributed by atoms with Gasteiger partial charge < -0.3 is 10.5 Å². The molecule has 0 amide bonds. The minimum atomic E-state index is 0.266. The number of thiazole rings is 1. The maximum atomic E-state index is 5.89. The molecule has 0 atom stereocenters. The predicted molar refractivity (Wildman–Crippen MR) is 133 cm³/mol. The van der Waals surface area contributed by atoms with Crippen LogP contribution < -0.4 is 15.8 Å². The van der Waals surface area contributed by atoms with Crippen molar-refractivity contribution < 1.29 is 4.74 Å². The lowest BCUT2D eigenvalue weighted by molar-refractivity contribution is 0.304. The Kier molecular flexibility index (Phi) is 8.98. The van der Waals surface area contributed by atoms with Gasteiger partial charge in [0.25, 0.3) is 0 Å². The number of unbranched alkanes of at least 4 members (excludes halogenated alkanes) is 5. The third-order valence-corrected chi connectivity index (χ3v) is 6.26. The normalized spacial score (nSPS) is 11.5. The fourth-order valence-corrected chi connectivity index (χ4v) is 4.28. The molecule has 0 unspecified atom stereocenters. The Labute approximate surface area is 194 Å². The van der Waals surface area contributed by atoms with Crippen LogP contribution >= 0.6 is 11.3 Å². The molecule has 2 heterocycles. The minimum Gasteiger partial charge on any atom is -0.494 e. The Hall–Kier alpha value is -3.00. The zero-order valence-corrected chi connectivity index (χ0v) is 19.9. The van der Waals surface area contributed by atoms with Crippen molar-refractivity contribution >= 4 is 23.2 Å². The summed E-state index contributed by atoms with van der Waals surface area (Å²) in [6, 6.07) is 10.0. The summed E-state index contributed by atoms with van der Waals surface area (Å²) in [6.07, 6.45) is 9.27. The summed E-state index contributed by atoms with van der Waals surface area (Å²) in [5.41, 5.74) is 8.50. The summed E-state index contributed by atoms with van der Waals surface area (Å²) >= 11 is 1.60. The van der Waals surface area contributed by atoms with Crippen LogP contribution in [-0.2, 0) is 0 Å². The SMILES string of the molecule is CCCCCCCCOc1ccc(-c2nc(C)c(-c3ccnc(NC(N)=NC)n3)s2)cc1. The summed E-state index contributed by atoms with van der Waals surface area (Å²) in [5, 5.41) is 3.82. The Morgan fingerprint density at radius 2 is 1.81 bits per heavy atom. The number of aryl methyl sites for hydroxylation is 1. The average Bonchev–Trinajstić information content (AvgIpc) is 3.20. The fourth-order valence-electron chi connectivity index (χ4n) is 3.24. The quantitative estimate of drug-likeness (QED) is 0.221. The lowest BCUT2D eigenvalue weighted by atomic mass is 10.1. The van der Waals surface area contributed by atoms with E-state index in [4.69, 9.17) is 15.5 Å². The second-order valence-corrected chi connectivity index (χ2v) is 8.57. The van der Waals surface area contributed by atoms with Crippen LogP contribution in [0, 0.1) is 6.92 Å². The van der Waals surface area contributed by atoms with Crippen molar-refractivity contribution in [1.82, 2.24) is 15.0 Å². The molecule has 0 spiro atoms. The van der Waals surface area contributed by atoms with Crippen LogP contribution in [0.3, 0.4) is 0 Å². The van der Waals surface area contributed by atoms with E-state index in [1.807, 2.05) is 25.1 Å². The van der Waals surface area contributed by atoms with E-state index in [2.05, 4.69) is 39.3 Å². The molecule has 32 heavy (non-hydrogen) atoms. The van der Waals surface area contributed by atoms with Gasteiger partial charge in [-0.1, -0.05) is 39.0 Å². The highest BCUT2D eigenvalue weighted by molar-refractivity contribution is 7.18. The molecule has 170 valence electrons. The standard InChI is InChI=1S/C24H32N6OS/c1-4-5-6-7-8-9-16-31-19-12-10-18(11-13-19)22-28-17(2)21(32-22)20-14-15-27-24(29-20)30-23(25)26-3/h10-15H,4-9,16H2,1-3H3,(H3,25,26,27,29,30). The number of nitrogens with zero attached hydrogens (tertiary/aromatic N) is 4. The van der Waals surface area contributed by atoms with Gasteiger partial charge in [0.2, 0.25) is 5.95 Å². The first-order chi connectivity index (χ1) is 15.6. The van der Waals surface area contributed by atoms with Gasteiger partial charge in [0, 0.05) is 18.8 Å². The molecule has 0 aliphatic heterocycles. The van der Waals surface area contributed by atoms with Crippen molar-refractivity contribution in [3.63, 3.8) is 0 Å². The summed E-state index contributed by atoms with van der Waals surface area (Å²) in [4.78, 5) is 18.4. The van der Waals surface area contributed by atoms with E-state index in [1.54, 1.807) is 24.6 Å². The number of guanidine groups is 1. The van der Waals surface area contributed by atoms with Crippen LogP contribution in [0.4, 0.5) is 5.95 Å². The second kappa shape index (κ2) is 12.1. The topological polar surface area (TPSA) is 98.3 Å². The van der Waals surface area contributed by atoms with E-state index >= 15 is 0 Å². The summed E-state index contributed by atoms with van der Waals surface area (Å²) in [7, 11) is 1.61. The van der Waals surface area contributed by atoms with E-state index in [1.165, 1.54) is 32.1 Å². The molecule has 7 nitrogen and oxygen atoms in total. The monoisotopic (exact) mass is 452 g/mol. The van der Waals surface area contributed by atoms with Gasteiger partial charge in [-0.15, -0.1) is 11.3 Å². The zero-order chi connectivity index (χ0) is 22.8. The lowest BCUT2D eigenvalue weighted by Gasteiger charge is -2.06. The molecule has 0 bridgehead atoms. The number of rotatable bonds is 11. The summed E-state index contributed by atoms with van der Waals surface area (Å²) in [5.74, 6) is 1.58. The molecular weight excluding hydrogens is 420 g/mol. The number of aromatic nitrogens is 3. The highest BCUT2D eigenvalue weighted by Crippen LogP contribution is 2.35. The number of nitrogens with one attached hydrogen (secondary N) is 1. The van der Waals surface area contributed by atoms with Crippen molar-refractivity contribution in [2.24, 2.45) is 10.7 Å². The molecule has 0 aliphatic carbocycles. The first kappa shape index (κ1) is 23.7. The maximum absolute atomic E-state index is 5.89. The highest BCUT2D eigenvalue weighted by Gasteiger charge is 2.13. The minimum absolute atomic E-state index is 0.266. The van der Waals surface area contributed by atoms with E-state index < -0.39 is 0 Å². The Morgan fingerprint density at radius 3 is 2.56 bits per heavy atom. The van der Waals surface area contributed by atoms with Gasteiger partial charge in [-0.25, -0.2) is 15.0 Å². The molecule has 2 aromatic heterocycles. The van der Waals surface area contributed by atoms with E-state index in [-0.39, 0.29) is 5.96 Å². The van der Waals surface area contributed by atoms with Crippen LogP contribution in [0.2, 0.25) is 0 Å². The van der Waals surface area contributed by atoms with Crippen LogP contribution in [0.15, 0.2) is 41.5 Å². The second-order valence-electron chi connectivity index (χ2n) is 7.57. The number of benzene rings is 1. The number of nitrogens with two attached hydrogens (primary N) is 1. The van der Waals surface area contributed by atoms with Crippen molar-refractivity contribution in [1.29, 1.82) is 0 Å². The summed E-state index contributed by atoms with van der Waals surface area (Å²) < 4.78 is 5.89. The molecule has 1 aromatic carbocycles. The lowest BCUT2D eigenvalue weighted by Crippen LogP contribution is -2.23. The number of hydrogen-bond acceptors (Lipinski definition) is 6. The van der Waals surface area contributed by atoms with Crippen molar-refractivity contribution in [3.05, 3.63) is 42.2 Å². The highest BCUT2D eigenvalue weighted by atomic mass is 32.1. The number of hydrogen-bond donors (Lipinski definition) is 2. The van der Waals surface area contributed by atoms with Gasteiger partial charge in [-0.2, -0.15) is 0 Å². The van der Waals surface area contributed by atoms with Crippen LogP contribution in [0.25, 0.3) is 21.1 Å². The molecule has 0 aliphatic rings. The first-order valence-electron chi connectivity index (χ1n) is 11.1. The maximum Gasteiger partial charge on any atom is 0.230 e. The zero-order valence-electron chi connectivity index (χ0n) is 19.1. The molecule has 8 heteroatoms. The Morgan fingerprint density at radius 1 is 1.06 bits per heavy atom. The van der Waals surface area contributed by atoms with Gasteiger partial charge >= 0.3 is 0 Å². The molecule has 0 saturated carbocycles. The van der Waals surface area contributed by atoms with Crippen molar-refractivity contribution in [3.8, 4) is 26.9 Å². The Bertz CT molecular complexity index is 1020. The molecule has 0 radical (unpaired) electrons. The third-order valence-electron chi connectivity index (χ3n) is 5.03. The molecule has 0 saturated heterocycles. The number of ether oxygens (including phenoxy) is 1. The van der Waals surface area contributed by atoms with Gasteiger partial charge in [0.05, 0.1) is 22.9 Å². The van der Waals surface area contributed by atoms with Gasteiger partial charge in [0.15, 0.2) is 5.96 Å². The van der Waals surface area contributed by atoms with E-state index in [0.717, 1.165) is 45.6 Å². The van der Waals surface area contributed by atoms with Crippen molar-refractivity contribution in [2.45, 2.75) is 52.4 Å². The predicted octanol–water partition coefficient (Wildman–Crippen LogP) is 5.67. The molecule has 3 aromatic rings. The van der Waals surface area contributed by atoms with Crippen LogP contribution in [0.5, 0.6) is 5.75 Å².